The summed E-state index contributed by atoms with van der Waals surface area (Å²) >= 11 is 0. The molecule has 0 spiro atoms. The molecule has 1 fully saturated rings. The summed E-state index contributed by atoms with van der Waals surface area (Å²) in [6.45, 7) is 10.8. The molecule has 0 aromatic heterocycles. The first-order valence-electron chi connectivity index (χ1n) is 7.79. The molecule has 17 heavy (non-hydrogen) atoms. The van der Waals surface area contributed by atoms with E-state index in [4.69, 9.17) is 0 Å². The molecule has 102 valence electrons. The van der Waals surface area contributed by atoms with Crippen LogP contribution >= 0.6 is 0 Å². The molecule has 0 saturated carbocycles. The zero-order chi connectivity index (χ0) is 12.5. The van der Waals surface area contributed by atoms with Gasteiger partial charge in [-0.1, -0.05) is 33.6 Å². The molecule has 2 heteroatoms. The average molecular weight is 240 g/mol. The minimum absolute atomic E-state index is 0.762. The lowest BCUT2D eigenvalue weighted by molar-refractivity contribution is 0.163. The predicted molar refractivity (Wildman–Crippen MR) is 76.5 cm³/mol. The number of rotatable bonds is 9. The largest absolute Gasteiger partial charge is 0.313 e. The highest BCUT2D eigenvalue weighted by Crippen LogP contribution is 2.15. The van der Waals surface area contributed by atoms with Gasteiger partial charge in [0.05, 0.1) is 0 Å². The van der Waals surface area contributed by atoms with Crippen LogP contribution in [0.1, 0.15) is 65.7 Å². The molecule has 1 aliphatic heterocycles. The molecule has 1 heterocycles. The maximum absolute atomic E-state index is 3.64. The van der Waals surface area contributed by atoms with E-state index in [0.29, 0.717) is 0 Å². The minimum Gasteiger partial charge on any atom is -0.313 e. The summed E-state index contributed by atoms with van der Waals surface area (Å²) in [6.07, 6.45) is 9.42. The number of nitrogens with zero attached hydrogens (tertiary/aromatic N) is 1. The average Bonchev–Trinajstić information content (AvgIpc) is 2.84. The van der Waals surface area contributed by atoms with Crippen LogP contribution in [-0.2, 0) is 0 Å². The molecular weight excluding hydrogens is 208 g/mol. The van der Waals surface area contributed by atoms with Crippen LogP contribution < -0.4 is 5.32 Å². The first-order chi connectivity index (χ1) is 8.31. The van der Waals surface area contributed by atoms with E-state index in [2.05, 4.69) is 31.0 Å². The second-order valence-corrected chi connectivity index (χ2v) is 5.49. The zero-order valence-electron chi connectivity index (χ0n) is 12.2. The van der Waals surface area contributed by atoms with Crippen molar-refractivity contribution in [2.24, 2.45) is 0 Å². The number of hydrogen-bond acceptors (Lipinski definition) is 2. The minimum atomic E-state index is 0.762. The highest BCUT2D eigenvalue weighted by molar-refractivity contribution is 4.81. The van der Waals surface area contributed by atoms with E-state index in [9.17, 15) is 0 Å². The zero-order valence-corrected chi connectivity index (χ0v) is 12.2. The highest BCUT2D eigenvalue weighted by atomic mass is 15.2. The first kappa shape index (κ1) is 15.0. The molecule has 2 unspecified atom stereocenters. The van der Waals surface area contributed by atoms with E-state index in [1.54, 1.807) is 0 Å². The predicted octanol–water partition coefficient (Wildman–Crippen LogP) is 3.42. The van der Waals surface area contributed by atoms with Crippen LogP contribution in [0, 0.1) is 0 Å². The number of unbranched alkanes of at least 4 members (excludes halogenated alkanes) is 1. The Kier molecular flexibility index (Phi) is 7.87. The topological polar surface area (TPSA) is 15.3 Å². The smallest absolute Gasteiger partial charge is 0.0195 e. The van der Waals surface area contributed by atoms with Crippen molar-refractivity contribution in [1.29, 1.82) is 0 Å². The molecule has 1 N–H and O–H groups in total. The van der Waals surface area contributed by atoms with Gasteiger partial charge in [-0.05, 0) is 45.2 Å². The van der Waals surface area contributed by atoms with E-state index in [-0.39, 0.29) is 0 Å². The van der Waals surface area contributed by atoms with Crippen molar-refractivity contribution in [3.05, 3.63) is 0 Å². The Balaban J connectivity index is 2.44. The van der Waals surface area contributed by atoms with E-state index in [1.807, 2.05) is 0 Å². The van der Waals surface area contributed by atoms with Crippen molar-refractivity contribution >= 4 is 0 Å². The second kappa shape index (κ2) is 8.93. The van der Waals surface area contributed by atoms with Gasteiger partial charge in [-0.2, -0.15) is 0 Å². The van der Waals surface area contributed by atoms with Gasteiger partial charge in [0, 0.05) is 18.6 Å². The SMILES string of the molecule is CCCCN(CC1CCCN1)C(CC)CCC. The van der Waals surface area contributed by atoms with Crippen LogP contribution in [0.4, 0.5) is 0 Å². The lowest BCUT2D eigenvalue weighted by Crippen LogP contribution is -2.43. The Morgan fingerprint density at radius 1 is 1.24 bits per heavy atom. The quantitative estimate of drug-likeness (QED) is 0.664. The Morgan fingerprint density at radius 3 is 2.59 bits per heavy atom. The molecule has 1 aliphatic rings. The third-order valence-electron chi connectivity index (χ3n) is 4.03. The molecule has 1 rings (SSSR count). The van der Waals surface area contributed by atoms with Crippen LogP contribution in [0.25, 0.3) is 0 Å². The molecule has 0 radical (unpaired) electrons. The molecule has 1 saturated heterocycles. The maximum atomic E-state index is 3.64. The van der Waals surface area contributed by atoms with Crippen LogP contribution in [0.3, 0.4) is 0 Å². The van der Waals surface area contributed by atoms with E-state index >= 15 is 0 Å². The summed E-state index contributed by atoms with van der Waals surface area (Å²) in [6, 6.07) is 1.58. The van der Waals surface area contributed by atoms with Gasteiger partial charge >= 0.3 is 0 Å². The van der Waals surface area contributed by atoms with Crippen molar-refractivity contribution in [1.82, 2.24) is 10.2 Å². The monoisotopic (exact) mass is 240 g/mol. The van der Waals surface area contributed by atoms with E-state index < -0.39 is 0 Å². The highest BCUT2D eigenvalue weighted by Gasteiger charge is 2.21. The van der Waals surface area contributed by atoms with Gasteiger partial charge in [-0.15, -0.1) is 0 Å². The Bertz CT molecular complexity index is 176. The van der Waals surface area contributed by atoms with Crippen molar-refractivity contribution in [3.63, 3.8) is 0 Å². The number of nitrogens with one attached hydrogen (secondary N) is 1. The molecule has 2 atom stereocenters. The van der Waals surface area contributed by atoms with Crippen molar-refractivity contribution in [3.8, 4) is 0 Å². The summed E-state index contributed by atoms with van der Waals surface area (Å²) in [5.41, 5.74) is 0. The third kappa shape index (κ3) is 5.39. The van der Waals surface area contributed by atoms with Crippen LogP contribution in [0.15, 0.2) is 0 Å². The standard InChI is InChI=1S/C15H32N2/c1-4-7-12-17(15(6-3)9-5-2)13-14-10-8-11-16-14/h14-16H,4-13H2,1-3H3. The van der Waals surface area contributed by atoms with Crippen molar-refractivity contribution < 1.29 is 0 Å². The van der Waals surface area contributed by atoms with E-state index in [1.165, 1.54) is 64.6 Å². The Labute approximate surface area is 108 Å². The molecule has 0 aromatic rings. The molecule has 0 bridgehead atoms. The fourth-order valence-corrected chi connectivity index (χ4v) is 2.96. The fourth-order valence-electron chi connectivity index (χ4n) is 2.96. The van der Waals surface area contributed by atoms with Gasteiger partial charge in [-0.3, -0.25) is 4.90 Å². The molecular formula is C15H32N2. The molecule has 0 amide bonds. The lowest BCUT2D eigenvalue weighted by Gasteiger charge is -2.33. The lowest BCUT2D eigenvalue weighted by atomic mass is 10.1. The Hall–Kier alpha value is -0.0800. The third-order valence-corrected chi connectivity index (χ3v) is 4.03. The summed E-state index contributed by atoms with van der Waals surface area (Å²) < 4.78 is 0. The molecule has 0 aromatic carbocycles. The van der Waals surface area contributed by atoms with Crippen LogP contribution in [0.5, 0.6) is 0 Å². The van der Waals surface area contributed by atoms with Gasteiger partial charge in [0.25, 0.3) is 0 Å². The van der Waals surface area contributed by atoms with Gasteiger partial charge < -0.3 is 5.32 Å². The van der Waals surface area contributed by atoms with E-state index in [0.717, 1.165) is 12.1 Å². The van der Waals surface area contributed by atoms with Gasteiger partial charge in [0.15, 0.2) is 0 Å². The van der Waals surface area contributed by atoms with Crippen molar-refractivity contribution in [2.75, 3.05) is 19.6 Å². The number of hydrogen-bond donors (Lipinski definition) is 1. The van der Waals surface area contributed by atoms with Gasteiger partial charge in [0.2, 0.25) is 0 Å². The van der Waals surface area contributed by atoms with Crippen LogP contribution in [-0.4, -0.2) is 36.6 Å². The molecule has 0 aliphatic carbocycles. The normalized spacial score (nSPS) is 22.2. The summed E-state index contributed by atoms with van der Waals surface area (Å²) in [5, 5.41) is 3.64. The Morgan fingerprint density at radius 2 is 2.06 bits per heavy atom. The first-order valence-corrected chi connectivity index (χ1v) is 7.79. The maximum Gasteiger partial charge on any atom is 0.0195 e. The second-order valence-electron chi connectivity index (χ2n) is 5.49. The van der Waals surface area contributed by atoms with Crippen LogP contribution in [0.2, 0.25) is 0 Å². The summed E-state index contributed by atoms with van der Waals surface area (Å²) in [7, 11) is 0. The molecule has 2 nitrogen and oxygen atoms in total. The summed E-state index contributed by atoms with van der Waals surface area (Å²) in [4.78, 5) is 2.76. The van der Waals surface area contributed by atoms with Crippen molar-refractivity contribution in [2.45, 2.75) is 77.8 Å². The van der Waals surface area contributed by atoms with Gasteiger partial charge in [-0.25, -0.2) is 0 Å². The van der Waals surface area contributed by atoms with Gasteiger partial charge in [0.1, 0.15) is 0 Å². The fraction of sp³-hybridized carbons (Fsp3) is 1.00. The summed E-state index contributed by atoms with van der Waals surface area (Å²) in [5.74, 6) is 0.